The number of esters is 1. The predicted octanol–water partition coefficient (Wildman–Crippen LogP) is 2.99. The third kappa shape index (κ3) is 4.57. The Labute approximate surface area is 189 Å². The highest BCUT2D eigenvalue weighted by atomic mass is 32.2. The van der Waals surface area contributed by atoms with E-state index in [0.717, 1.165) is 34.2 Å². The predicted molar refractivity (Wildman–Crippen MR) is 123 cm³/mol. The van der Waals surface area contributed by atoms with Gasteiger partial charge in [-0.25, -0.2) is 9.78 Å². The molecule has 0 fully saturated rings. The Balaban J connectivity index is 1.46. The summed E-state index contributed by atoms with van der Waals surface area (Å²) in [5, 5.41) is 12.7. The lowest BCUT2D eigenvalue weighted by atomic mass is 10.1. The van der Waals surface area contributed by atoms with Gasteiger partial charge in [-0.3, -0.25) is 4.79 Å². The lowest BCUT2D eigenvalue weighted by molar-refractivity contribution is -0.144. The highest BCUT2D eigenvalue weighted by Crippen LogP contribution is 2.26. The number of fused-ring (bicyclic) bond motifs is 3. The molecular weight excluding hydrogens is 426 g/mol. The Kier molecular flexibility index (Phi) is 6.65. The third-order valence-corrected chi connectivity index (χ3v) is 5.94. The first kappa shape index (κ1) is 21.8. The third-order valence-electron chi connectivity index (χ3n) is 5.11. The molecule has 0 bridgehead atoms. The molecule has 1 N–H and O–H groups in total. The summed E-state index contributed by atoms with van der Waals surface area (Å²) in [6.45, 7) is 2.79. The molecule has 4 rings (SSSR count). The number of carbonyl (C=O) groups is 2. The molecule has 2 aromatic carbocycles. The maximum atomic E-state index is 12.5. The van der Waals surface area contributed by atoms with Crippen molar-refractivity contribution in [2.75, 3.05) is 12.9 Å². The molecule has 32 heavy (non-hydrogen) atoms. The van der Waals surface area contributed by atoms with E-state index in [-0.39, 0.29) is 11.7 Å². The van der Waals surface area contributed by atoms with Gasteiger partial charge in [0.1, 0.15) is 11.6 Å². The zero-order valence-corrected chi connectivity index (χ0v) is 18.6. The minimum Gasteiger partial charge on any atom is -0.467 e. The van der Waals surface area contributed by atoms with Gasteiger partial charge in [0.25, 0.3) is 0 Å². The summed E-state index contributed by atoms with van der Waals surface area (Å²) in [5.41, 5.74) is 3.46. The first-order valence-electron chi connectivity index (χ1n) is 10.3. The van der Waals surface area contributed by atoms with Gasteiger partial charge in [0.2, 0.25) is 11.1 Å². The van der Waals surface area contributed by atoms with Gasteiger partial charge in [0, 0.05) is 18.4 Å². The van der Waals surface area contributed by atoms with Crippen LogP contribution in [0.2, 0.25) is 0 Å². The van der Waals surface area contributed by atoms with E-state index in [1.807, 2.05) is 61.5 Å². The SMILES string of the molecule is CCn1c2ccccc2c2nnc(SCC(=O)N[C@@H](Cc3ccccc3)C(=O)OC)nc21. The number of para-hydroxylation sites is 1. The van der Waals surface area contributed by atoms with Crippen molar-refractivity contribution in [3.8, 4) is 0 Å². The molecule has 1 atom stereocenters. The molecule has 0 aliphatic carbocycles. The van der Waals surface area contributed by atoms with E-state index in [1.54, 1.807) is 0 Å². The molecule has 2 heterocycles. The van der Waals surface area contributed by atoms with Crippen LogP contribution in [0.25, 0.3) is 22.1 Å². The molecule has 0 saturated heterocycles. The standard InChI is InChI=1S/C23H23N5O3S/c1-3-28-18-12-8-7-11-16(18)20-21(28)25-23(27-26-20)32-14-19(29)24-17(22(30)31-2)13-15-9-5-4-6-10-15/h4-12,17H,3,13-14H2,1-2H3,(H,24,29)/t17-/m0/s1. The zero-order chi connectivity index (χ0) is 22.5. The molecule has 0 aliphatic heterocycles. The second kappa shape index (κ2) is 9.78. The Morgan fingerprint density at radius 3 is 2.59 bits per heavy atom. The number of methoxy groups -OCH3 is 1. The number of hydrogen-bond donors (Lipinski definition) is 1. The van der Waals surface area contributed by atoms with Crippen molar-refractivity contribution in [3.05, 3.63) is 60.2 Å². The average Bonchev–Trinajstić information content (AvgIpc) is 3.15. The minimum atomic E-state index is -0.764. The van der Waals surface area contributed by atoms with Crippen LogP contribution < -0.4 is 5.32 Å². The van der Waals surface area contributed by atoms with Crippen molar-refractivity contribution in [3.63, 3.8) is 0 Å². The fraction of sp³-hybridized carbons (Fsp3) is 0.261. The van der Waals surface area contributed by atoms with E-state index in [4.69, 9.17) is 4.74 Å². The van der Waals surface area contributed by atoms with Crippen LogP contribution in [0.15, 0.2) is 59.8 Å². The summed E-state index contributed by atoms with van der Waals surface area (Å²) in [4.78, 5) is 29.3. The van der Waals surface area contributed by atoms with Gasteiger partial charge in [0.15, 0.2) is 5.65 Å². The molecule has 8 nitrogen and oxygen atoms in total. The van der Waals surface area contributed by atoms with Crippen LogP contribution in [-0.2, 0) is 27.3 Å². The monoisotopic (exact) mass is 449 g/mol. The number of carbonyl (C=O) groups excluding carboxylic acids is 2. The number of aryl methyl sites for hydroxylation is 1. The lowest BCUT2D eigenvalue weighted by Gasteiger charge is -2.16. The van der Waals surface area contributed by atoms with Gasteiger partial charge in [-0.2, -0.15) is 0 Å². The summed E-state index contributed by atoms with van der Waals surface area (Å²) < 4.78 is 6.93. The van der Waals surface area contributed by atoms with E-state index in [0.29, 0.717) is 11.6 Å². The van der Waals surface area contributed by atoms with Crippen LogP contribution in [-0.4, -0.2) is 50.5 Å². The number of hydrogen-bond acceptors (Lipinski definition) is 7. The average molecular weight is 450 g/mol. The van der Waals surface area contributed by atoms with Gasteiger partial charge in [-0.05, 0) is 18.6 Å². The van der Waals surface area contributed by atoms with Crippen LogP contribution in [0.1, 0.15) is 12.5 Å². The number of ether oxygens (including phenoxy) is 1. The van der Waals surface area contributed by atoms with Crippen molar-refractivity contribution in [2.45, 2.75) is 31.1 Å². The van der Waals surface area contributed by atoms with E-state index in [1.165, 1.54) is 18.9 Å². The van der Waals surface area contributed by atoms with Crippen molar-refractivity contribution < 1.29 is 14.3 Å². The normalized spacial score (nSPS) is 12.1. The van der Waals surface area contributed by atoms with Crippen LogP contribution in [0, 0.1) is 0 Å². The Hall–Kier alpha value is -3.46. The number of amides is 1. The maximum Gasteiger partial charge on any atom is 0.328 e. The fourth-order valence-electron chi connectivity index (χ4n) is 3.62. The molecule has 1 amide bonds. The summed E-state index contributed by atoms with van der Waals surface area (Å²) in [6, 6.07) is 16.7. The Morgan fingerprint density at radius 1 is 1.09 bits per heavy atom. The molecule has 164 valence electrons. The largest absolute Gasteiger partial charge is 0.467 e. The summed E-state index contributed by atoms with van der Waals surface area (Å²) >= 11 is 1.18. The van der Waals surface area contributed by atoms with Crippen molar-refractivity contribution in [2.24, 2.45) is 0 Å². The number of aromatic nitrogens is 4. The second-order valence-electron chi connectivity index (χ2n) is 7.15. The maximum absolute atomic E-state index is 12.5. The lowest BCUT2D eigenvalue weighted by Crippen LogP contribution is -2.43. The highest BCUT2D eigenvalue weighted by Gasteiger charge is 2.22. The molecule has 9 heteroatoms. The van der Waals surface area contributed by atoms with Gasteiger partial charge < -0.3 is 14.6 Å². The van der Waals surface area contributed by atoms with Crippen LogP contribution in [0.5, 0.6) is 0 Å². The van der Waals surface area contributed by atoms with E-state index in [2.05, 4.69) is 25.1 Å². The summed E-state index contributed by atoms with van der Waals surface area (Å²) in [6.07, 6.45) is 0.352. The first-order valence-corrected chi connectivity index (χ1v) is 11.2. The van der Waals surface area contributed by atoms with Gasteiger partial charge in [-0.15, -0.1) is 10.2 Å². The smallest absolute Gasteiger partial charge is 0.328 e. The van der Waals surface area contributed by atoms with E-state index in [9.17, 15) is 9.59 Å². The molecule has 0 spiro atoms. The fourth-order valence-corrected chi connectivity index (χ4v) is 4.22. The quantitative estimate of drug-likeness (QED) is 0.326. The summed E-state index contributed by atoms with van der Waals surface area (Å²) in [5.74, 6) is -0.734. The highest BCUT2D eigenvalue weighted by molar-refractivity contribution is 7.99. The number of nitrogens with zero attached hydrogens (tertiary/aromatic N) is 4. The van der Waals surface area contributed by atoms with Crippen LogP contribution in [0.3, 0.4) is 0 Å². The zero-order valence-electron chi connectivity index (χ0n) is 17.8. The second-order valence-corrected chi connectivity index (χ2v) is 8.09. The molecule has 0 unspecified atom stereocenters. The number of rotatable bonds is 8. The number of nitrogens with one attached hydrogen (secondary N) is 1. The van der Waals surface area contributed by atoms with Crippen molar-refractivity contribution in [1.82, 2.24) is 25.1 Å². The molecule has 2 aromatic heterocycles. The Bertz CT molecular complexity index is 1260. The Morgan fingerprint density at radius 2 is 1.84 bits per heavy atom. The molecule has 0 aliphatic rings. The van der Waals surface area contributed by atoms with Gasteiger partial charge >= 0.3 is 5.97 Å². The van der Waals surface area contributed by atoms with Crippen LogP contribution in [0.4, 0.5) is 0 Å². The number of benzene rings is 2. The van der Waals surface area contributed by atoms with Crippen LogP contribution >= 0.6 is 11.8 Å². The molecular formula is C23H23N5O3S. The van der Waals surface area contributed by atoms with Crippen molar-refractivity contribution in [1.29, 1.82) is 0 Å². The first-order chi connectivity index (χ1) is 15.6. The molecule has 4 aromatic rings. The number of thioether (sulfide) groups is 1. The van der Waals surface area contributed by atoms with E-state index >= 15 is 0 Å². The van der Waals surface area contributed by atoms with Gasteiger partial charge in [-0.1, -0.05) is 60.3 Å². The minimum absolute atomic E-state index is 0.0574. The molecule has 0 radical (unpaired) electrons. The molecule has 0 saturated carbocycles. The van der Waals surface area contributed by atoms with Gasteiger partial charge in [0.05, 0.1) is 18.4 Å². The van der Waals surface area contributed by atoms with Crippen molar-refractivity contribution >= 4 is 45.7 Å². The van der Waals surface area contributed by atoms with E-state index < -0.39 is 12.0 Å². The topological polar surface area (TPSA) is 99.0 Å². The summed E-state index contributed by atoms with van der Waals surface area (Å²) in [7, 11) is 1.31.